The smallest absolute Gasteiger partial charge is 0.308 e. The van der Waals surface area contributed by atoms with Crippen molar-refractivity contribution < 1.29 is 14.3 Å². The lowest BCUT2D eigenvalue weighted by Gasteiger charge is -2.10. The number of carbonyl (C=O) groups is 1. The van der Waals surface area contributed by atoms with Crippen molar-refractivity contribution in [3.63, 3.8) is 0 Å². The number of rotatable bonds is 8. The molecule has 0 saturated carbocycles. The average Bonchev–Trinajstić information content (AvgIpc) is 2.41. The van der Waals surface area contributed by atoms with Gasteiger partial charge in [0.05, 0.1) is 24.6 Å². The Labute approximate surface area is 122 Å². The molecule has 0 amide bonds. The summed E-state index contributed by atoms with van der Waals surface area (Å²) in [7, 11) is 1.37. The first-order chi connectivity index (χ1) is 9.17. The third kappa shape index (κ3) is 6.07. The van der Waals surface area contributed by atoms with Gasteiger partial charge in [-0.05, 0) is 46.6 Å². The van der Waals surface area contributed by atoms with Crippen LogP contribution in [0.15, 0.2) is 22.7 Å². The van der Waals surface area contributed by atoms with Crippen LogP contribution >= 0.6 is 15.9 Å². The van der Waals surface area contributed by atoms with Gasteiger partial charge >= 0.3 is 5.97 Å². The molecule has 0 unspecified atom stereocenters. The quantitative estimate of drug-likeness (QED) is 0.588. The maximum absolute atomic E-state index is 11.0. The number of ether oxygens (including phenoxy) is 2. The number of halogens is 1. The van der Waals surface area contributed by atoms with E-state index in [9.17, 15) is 4.79 Å². The maximum Gasteiger partial charge on any atom is 0.308 e. The zero-order chi connectivity index (χ0) is 14.1. The standard InChI is InChI=1S/C14H20BrNO3/c1-3-7-16-10-11-4-5-13(12(15)9-11)19-8-6-14(17)18-2/h4-5,9,16H,3,6-8,10H2,1-2H3. The highest BCUT2D eigenvalue weighted by Crippen LogP contribution is 2.26. The Kier molecular flexibility index (Phi) is 7.52. The summed E-state index contributed by atoms with van der Waals surface area (Å²) < 4.78 is 11.0. The minimum Gasteiger partial charge on any atom is -0.492 e. The van der Waals surface area contributed by atoms with E-state index in [2.05, 4.69) is 32.9 Å². The van der Waals surface area contributed by atoms with Crippen molar-refractivity contribution in [3.05, 3.63) is 28.2 Å². The van der Waals surface area contributed by atoms with Gasteiger partial charge in [-0.3, -0.25) is 4.79 Å². The van der Waals surface area contributed by atoms with E-state index >= 15 is 0 Å². The van der Waals surface area contributed by atoms with Crippen molar-refractivity contribution >= 4 is 21.9 Å². The molecule has 0 aliphatic carbocycles. The summed E-state index contributed by atoms with van der Waals surface area (Å²) in [5.74, 6) is 0.472. The molecule has 0 saturated heterocycles. The van der Waals surface area contributed by atoms with E-state index < -0.39 is 0 Å². The molecule has 0 spiro atoms. The number of carbonyl (C=O) groups excluding carboxylic acids is 1. The van der Waals surface area contributed by atoms with Crippen molar-refractivity contribution in [2.45, 2.75) is 26.3 Å². The highest BCUT2D eigenvalue weighted by molar-refractivity contribution is 9.10. The molecule has 0 aliphatic heterocycles. The monoisotopic (exact) mass is 329 g/mol. The third-order valence-corrected chi connectivity index (χ3v) is 3.16. The first-order valence-electron chi connectivity index (χ1n) is 6.36. The normalized spacial score (nSPS) is 10.3. The van der Waals surface area contributed by atoms with Crippen LogP contribution in [0.2, 0.25) is 0 Å². The van der Waals surface area contributed by atoms with E-state index in [1.807, 2.05) is 18.2 Å². The van der Waals surface area contributed by atoms with Crippen LogP contribution in [0.3, 0.4) is 0 Å². The second kappa shape index (κ2) is 8.93. The number of benzene rings is 1. The van der Waals surface area contributed by atoms with E-state index in [4.69, 9.17) is 4.74 Å². The Hall–Kier alpha value is -1.07. The number of esters is 1. The van der Waals surface area contributed by atoms with Crippen LogP contribution in [0.4, 0.5) is 0 Å². The Bertz CT molecular complexity index is 410. The van der Waals surface area contributed by atoms with Crippen LogP contribution in [-0.4, -0.2) is 26.2 Å². The van der Waals surface area contributed by atoms with E-state index in [1.165, 1.54) is 12.7 Å². The third-order valence-electron chi connectivity index (χ3n) is 2.54. The fraction of sp³-hybridized carbons (Fsp3) is 0.500. The Morgan fingerprint density at radius 3 is 2.84 bits per heavy atom. The number of hydrogen-bond acceptors (Lipinski definition) is 4. The van der Waals surface area contributed by atoms with Crippen LogP contribution < -0.4 is 10.1 Å². The zero-order valence-corrected chi connectivity index (χ0v) is 13.0. The van der Waals surface area contributed by atoms with Gasteiger partial charge in [0.1, 0.15) is 5.75 Å². The first kappa shape index (κ1) is 16.0. The summed E-state index contributed by atoms with van der Waals surface area (Å²) in [4.78, 5) is 11.0. The molecule has 1 aromatic carbocycles. The molecule has 1 aromatic rings. The predicted octanol–water partition coefficient (Wildman–Crippen LogP) is 2.89. The molecule has 0 atom stereocenters. The first-order valence-corrected chi connectivity index (χ1v) is 7.15. The molecular weight excluding hydrogens is 310 g/mol. The summed E-state index contributed by atoms with van der Waals surface area (Å²) in [6.45, 7) is 4.31. The van der Waals surface area contributed by atoms with Gasteiger partial charge in [0, 0.05) is 6.54 Å². The molecule has 0 fully saturated rings. The van der Waals surface area contributed by atoms with Gasteiger partial charge in [-0.25, -0.2) is 0 Å². The molecule has 106 valence electrons. The minimum absolute atomic E-state index is 0.253. The molecule has 0 radical (unpaired) electrons. The fourth-order valence-electron chi connectivity index (χ4n) is 1.53. The van der Waals surface area contributed by atoms with Crippen LogP contribution in [0, 0.1) is 0 Å². The fourth-order valence-corrected chi connectivity index (χ4v) is 2.07. The molecule has 0 heterocycles. The van der Waals surface area contributed by atoms with Gasteiger partial charge < -0.3 is 14.8 Å². The van der Waals surface area contributed by atoms with Crippen molar-refractivity contribution in [1.82, 2.24) is 5.32 Å². The van der Waals surface area contributed by atoms with Crippen molar-refractivity contribution in [3.8, 4) is 5.75 Å². The lowest BCUT2D eigenvalue weighted by atomic mass is 10.2. The maximum atomic E-state index is 11.0. The Morgan fingerprint density at radius 1 is 1.42 bits per heavy atom. The summed E-state index contributed by atoms with van der Waals surface area (Å²) in [5, 5.41) is 3.34. The largest absolute Gasteiger partial charge is 0.492 e. The highest BCUT2D eigenvalue weighted by Gasteiger charge is 2.05. The summed E-state index contributed by atoms with van der Waals surface area (Å²) in [6, 6.07) is 5.95. The van der Waals surface area contributed by atoms with Crippen molar-refractivity contribution in [2.24, 2.45) is 0 Å². The summed E-state index contributed by atoms with van der Waals surface area (Å²) in [5.41, 5.74) is 1.20. The van der Waals surface area contributed by atoms with Gasteiger partial charge in [-0.1, -0.05) is 13.0 Å². The molecule has 1 rings (SSSR count). The molecule has 5 heteroatoms. The van der Waals surface area contributed by atoms with E-state index in [0.717, 1.165) is 29.7 Å². The van der Waals surface area contributed by atoms with Gasteiger partial charge in [0.15, 0.2) is 0 Å². The predicted molar refractivity (Wildman–Crippen MR) is 78.3 cm³/mol. The van der Waals surface area contributed by atoms with Gasteiger partial charge in [-0.15, -0.1) is 0 Å². The van der Waals surface area contributed by atoms with Crippen LogP contribution in [0.25, 0.3) is 0 Å². The van der Waals surface area contributed by atoms with Crippen molar-refractivity contribution in [1.29, 1.82) is 0 Å². The molecule has 4 nitrogen and oxygen atoms in total. The topological polar surface area (TPSA) is 47.6 Å². The van der Waals surface area contributed by atoms with E-state index in [1.54, 1.807) is 0 Å². The highest BCUT2D eigenvalue weighted by atomic mass is 79.9. The number of hydrogen-bond donors (Lipinski definition) is 1. The van der Waals surface area contributed by atoms with Gasteiger partial charge in [0.25, 0.3) is 0 Å². The number of nitrogens with one attached hydrogen (secondary N) is 1. The Balaban J connectivity index is 2.45. The molecule has 1 N–H and O–H groups in total. The summed E-state index contributed by atoms with van der Waals surface area (Å²) in [6.07, 6.45) is 1.37. The SMILES string of the molecule is CCCNCc1ccc(OCCC(=O)OC)c(Br)c1. The van der Waals surface area contributed by atoms with Crippen molar-refractivity contribution in [2.75, 3.05) is 20.3 Å². The zero-order valence-electron chi connectivity index (χ0n) is 11.4. The van der Waals surface area contributed by atoms with E-state index in [-0.39, 0.29) is 12.4 Å². The lowest BCUT2D eigenvalue weighted by Crippen LogP contribution is -2.13. The molecule has 0 aromatic heterocycles. The second-order valence-electron chi connectivity index (χ2n) is 4.12. The van der Waals surface area contributed by atoms with Gasteiger partial charge in [0.2, 0.25) is 0 Å². The minimum atomic E-state index is -0.267. The summed E-state index contributed by atoms with van der Waals surface area (Å²) >= 11 is 3.47. The molecule has 19 heavy (non-hydrogen) atoms. The Morgan fingerprint density at radius 2 is 2.21 bits per heavy atom. The molecule has 0 bridgehead atoms. The lowest BCUT2D eigenvalue weighted by molar-refractivity contribution is -0.141. The molecule has 0 aliphatic rings. The van der Waals surface area contributed by atoms with Crippen LogP contribution in [-0.2, 0) is 16.1 Å². The van der Waals surface area contributed by atoms with Crippen LogP contribution in [0.1, 0.15) is 25.3 Å². The second-order valence-corrected chi connectivity index (χ2v) is 4.97. The molecular formula is C14H20BrNO3. The number of methoxy groups -OCH3 is 1. The van der Waals surface area contributed by atoms with Crippen LogP contribution in [0.5, 0.6) is 5.75 Å². The average molecular weight is 330 g/mol. The van der Waals surface area contributed by atoms with E-state index in [0.29, 0.717) is 6.61 Å². The van der Waals surface area contributed by atoms with Gasteiger partial charge in [-0.2, -0.15) is 0 Å².